The summed E-state index contributed by atoms with van der Waals surface area (Å²) in [5, 5.41) is 2.94. The van der Waals surface area contributed by atoms with Crippen molar-refractivity contribution in [2.75, 3.05) is 13.1 Å². The molecule has 4 nitrogen and oxygen atoms in total. The van der Waals surface area contributed by atoms with Gasteiger partial charge in [-0.15, -0.1) is 0 Å². The first-order valence-electron chi connectivity index (χ1n) is 4.72. The van der Waals surface area contributed by atoms with Crippen LogP contribution in [-0.4, -0.2) is 35.8 Å². The second-order valence-corrected chi connectivity index (χ2v) is 3.90. The lowest BCUT2D eigenvalue weighted by atomic mass is 9.99. The molecule has 0 aromatic heterocycles. The predicted octanol–water partition coefficient (Wildman–Crippen LogP) is -0.257. The number of nitrogens with zero attached hydrogens (tertiary/aromatic N) is 1. The van der Waals surface area contributed by atoms with E-state index in [0.29, 0.717) is 19.1 Å². The van der Waals surface area contributed by atoms with Crippen LogP contribution in [0, 0.1) is 5.92 Å². The van der Waals surface area contributed by atoms with E-state index in [-0.39, 0.29) is 17.7 Å². The van der Waals surface area contributed by atoms with Crippen LogP contribution in [0.2, 0.25) is 0 Å². The molecule has 0 aromatic carbocycles. The Morgan fingerprint density at radius 2 is 1.92 bits per heavy atom. The minimum Gasteiger partial charge on any atom is -0.353 e. The van der Waals surface area contributed by atoms with Crippen molar-refractivity contribution in [1.29, 1.82) is 0 Å². The zero-order valence-corrected chi connectivity index (χ0v) is 7.75. The molecule has 0 spiro atoms. The highest BCUT2D eigenvalue weighted by Crippen LogP contribution is 2.21. The van der Waals surface area contributed by atoms with Gasteiger partial charge in [0.1, 0.15) is 0 Å². The fraction of sp³-hybridized carbons (Fsp3) is 0.778. The number of likely N-dealkylation sites (tertiary alicyclic amines) is 1. The molecule has 2 rings (SSSR count). The number of hydrogen-bond donors (Lipinski definition) is 1. The largest absolute Gasteiger partial charge is 0.353 e. The molecule has 1 N–H and O–H groups in total. The van der Waals surface area contributed by atoms with Crippen LogP contribution in [-0.2, 0) is 9.59 Å². The van der Waals surface area contributed by atoms with E-state index in [1.165, 1.54) is 6.92 Å². The maximum absolute atomic E-state index is 11.4. The van der Waals surface area contributed by atoms with Crippen LogP contribution in [0.15, 0.2) is 0 Å². The van der Waals surface area contributed by atoms with E-state index in [4.69, 9.17) is 0 Å². The highest BCUT2D eigenvalue weighted by Gasteiger charge is 2.36. The Morgan fingerprint density at radius 3 is 2.38 bits per heavy atom. The predicted molar refractivity (Wildman–Crippen MR) is 46.9 cm³/mol. The first-order chi connectivity index (χ1) is 6.16. The lowest BCUT2D eigenvalue weighted by molar-refractivity contribution is -0.141. The summed E-state index contributed by atoms with van der Waals surface area (Å²) in [7, 11) is 0. The summed E-state index contributed by atoms with van der Waals surface area (Å²) in [5.41, 5.74) is 0. The molecule has 0 radical (unpaired) electrons. The molecule has 1 heterocycles. The smallest absolute Gasteiger partial charge is 0.226 e. The molecule has 2 fully saturated rings. The maximum Gasteiger partial charge on any atom is 0.226 e. The fourth-order valence-electron chi connectivity index (χ4n) is 1.45. The average molecular weight is 182 g/mol. The molecule has 13 heavy (non-hydrogen) atoms. The Kier molecular flexibility index (Phi) is 1.98. The highest BCUT2D eigenvalue weighted by molar-refractivity contribution is 5.83. The molecule has 1 saturated carbocycles. The molecule has 1 aliphatic heterocycles. The first kappa shape index (κ1) is 8.53. The molecule has 0 unspecified atom stereocenters. The minimum absolute atomic E-state index is 0.0458. The van der Waals surface area contributed by atoms with Crippen LogP contribution < -0.4 is 5.32 Å². The van der Waals surface area contributed by atoms with Crippen molar-refractivity contribution in [1.82, 2.24) is 10.2 Å². The van der Waals surface area contributed by atoms with Gasteiger partial charge in [-0.1, -0.05) is 0 Å². The quantitative estimate of drug-likeness (QED) is 0.640. The van der Waals surface area contributed by atoms with Crippen LogP contribution in [0.3, 0.4) is 0 Å². The number of amides is 2. The van der Waals surface area contributed by atoms with Gasteiger partial charge >= 0.3 is 0 Å². The number of rotatable bonds is 2. The van der Waals surface area contributed by atoms with Crippen molar-refractivity contribution >= 4 is 11.8 Å². The van der Waals surface area contributed by atoms with Gasteiger partial charge in [-0.05, 0) is 12.8 Å². The van der Waals surface area contributed by atoms with Crippen molar-refractivity contribution < 1.29 is 9.59 Å². The summed E-state index contributed by atoms with van der Waals surface area (Å²) in [6.45, 7) is 2.75. The third kappa shape index (κ3) is 1.82. The average Bonchev–Trinajstić information content (AvgIpc) is 2.66. The molecule has 2 amide bonds. The minimum atomic E-state index is 0.0458. The van der Waals surface area contributed by atoms with Crippen molar-refractivity contribution in [3.05, 3.63) is 0 Å². The number of carbonyl (C=O) groups excluding carboxylic acids is 2. The van der Waals surface area contributed by atoms with Crippen molar-refractivity contribution in [2.45, 2.75) is 25.8 Å². The van der Waals surface area contributed by atoms with Crippen molar-refractivity contribution in [2.24, 2.45) is 5.92 Å². The zero-order valence-electron chi connectivity index (χ0n) is 7.75. The van der Waals surface area contributed by atoms with E-state index < -0.39 is 0 Å². The van der Waals surface area contributed by atoms with Gasteiger partial charge in [0.15, 0.2) is 0 Å². The summed E-state index contributed by atoms with van der Waals surface area (Å²) in [5.74, 6) is 0.236. The van der Waals surface area contributed by atoms with Gasteiger partial charge in [-0.3, -0.25) is 9.59 Å². The van der Waals surface area contributed by atoms with Crippen LogP contribution in [0.1, 0.15) is 19.8 Å². The molecule has 1 aliphatic carbocycles. The van der Waals surface area contributed by atoms with Gasteiger partial charge < -0.3 is 10.2 Å². The van der Waals surface area contributed by atoms with E-state index in [1.54, 1.807) is 4.90 Å². The second kappa shape index (κ2) is 3.01. The van der Waals surface area contributed by atoms with E-state index in [9.17, 15) is 9.59 Å². The molecule has 72 valence electrons. The van der Waals surface area contributed by atoms with Gasteiger partial charge in [0.2, 0.25) is 11.8 Å². The first-order valence-corrected chi connectivity index (χ1v) is 4.72. The maximum atomic E-state index is 11.4. The standard InChI is InChI=1S/C9H14N2O2/c1-6(12)11-4-7(5-11)9(13)10-8-2-3-8/h7-8H,2-5H2,1H3,(H,10,13). The van der Waals surface area contributed by atoms with Crippen LogP contribution in [0.5, 0.6) is 0 Å². The van der Waals surface area contributed by atoms with Gasteiger partial charge in [-0.2, -0.15) is 0 Å². The Labute approximate surface area is 77.3 Å². The molecule has 1 saturated heterocycles. The Morgan fingerprint density at radius 1 is 1.31 bits per heavy atom. The zero-order chi connectivity index (χ0) is 9.42. The Balaban J connectivity index is 1.72. The summed E-state index contributed by atoms with van der Waals surface area (Å²) in [4.78, 5) is 23.9. The van der Waals surface area contributed by atoms with Gasteiger partial charge in [0.25, 0.3) is 0 Å². The molecular formula is C9H14N2O2. The van der Waals surface area contributed by atoms with E-state index in [2.05, 4.69) is 5.32 Å². The van der Waals surface area contributed by atoms with Gasteiger partial charge in [0, 0.05) is 26.1 Å². The summed E-state index contributed by atoms with van der Waals surface area (Å²) in [6, 6.07) is 0.430. The molecule has 4 heteroatoms. The summed E-state index contributed by atoms with van der Waals surface area (Å²) < 4.78 is 0. The number of carbonyl (C=O) groups is 2. The van der Waals surface area contributed by atoms with Gasteiger partial charge in [-0.25, -0.2) is 0 Å². The molecular weight excluding hydrogens is 168 g/mol. The van der Waals surface area contributed by atoms with Crippen molar-refractivity contribution in [3.8, 4) is 0 Å². The molecule has 2 aliphatic rings. The van der Waals surface area contributed by atoms with Crippen LogP contribution in [0.4, 0.5) is 0 Å². The molecule has 0 atom stereocenters. The van der Waals surface area contributed by atoms with E-state index in [1.807, 2.05) is 0 Å². The summed E-state index contributed by atoms with van der Waals surface area (Å²) >= 11 is 0. The topological polar surface area (TPSA) is 49.4 Å². The molecule has 0 bridgehead atoms. The monoisotopic (exact) mass is 182 g/mol. The van der Waals surface area contributed by atoms with Crippen LogP contribution in [0.25, 0.3) is 0 Å². The van der Waals surface area contributed by atoms with E-state index >= 15 is 0 Å². The lowest BCUT2D eigenvalue weighted by Crippen LogP contribution is -2.55. The fourth-order valence-corrected chi connectivity index (χ4v) is 1.45. The number of hydrogen-bond acceptors (Lipinski definition) is 2. The van der Waals surface area contributed by atoms with Crippen molar-refractivity contribution in [3.63, 3.8) is 0 Å². The highest BCUT2D eigenvalue weighted by atomic mass is 16.2. The van der Waals surface area contributed by atoms with Crippen LogP contribution >= 0.6 is 0 Å². The Hall–Kier alpha value is -1.06. The lowest BCUT2D eigenvalue weighted by Gasteiger charge is -2.37. The molecule has 0 aromatic rings. The third-order valence-electron chi connectivity index (χ3n) is 2.62. The van der Waals surface area contributed by atoms with E-state index in [0.717, 1.165) is 12.8 Å². The second-order valence-electron chi connectivity index (χ2n) is 3.90. The SMILES string of the molecule is CC(=O)N1CC(C(=O)NC2CC2)C1. The Bertz CT molecular complexity index is 242. The third-order valence-corrected chi connectivity index (χ3v) is 2.62. The summed E-state index contributed by atoms with van der Waals surface area (Å²) in [6.07, 6.45) is 2.24. The number of nitrogens with one attached hydrogen (secondary N) is 1. The normalized spacial score (nSPS) is 22.4. The van der Waals surface area contributed by atoms with Gasteiger partial charge in [0.05, 0.1) is 5.92 Å².